The number of ketones is 1. The molecule has 6 nitrogen and oxygen atoms in total. The molecule has 0 radical (unpaired) electrons. The zero-order chi connectivity index (χ0) is 23.0. The van der Waals surface area contributed by atoms with Gasteiger partial charge in [0.2, 0.25) is 0 Å². The Labute approximate surface area is 183 Å². The number of aryl methyl sites for hydroxylation is 1. The molecule has 1 aliphatic rings. The van der Waals surface area contributed by atoms with Crippen molar-refractivity contribution in [1.82, 2.24) is 0 Å². The van der Waals surface area contributed by atoms with Crippen molar-refractivity contribution in [2.24, 2.45) is 0 Å². The molecule has 7 heteroatoms. The van der Waals surface area contributed by atoms with Crippen LogP contribution in [-0.2, 0) is 9.59 Å². The number of ether oxygens (including phenoxy) is 1. The van der Waals surface area contributed by atoms with Crippen molar-refractivity contribution in [3.05, 3.63) is 94.8 Å². The lowest BCUT2D eigenvalue weighted by atomic mass is 9.94. The zero-order valence-corrected chi connectivity index (χ0v) is 17.4. The number of aromatic hydroxyl groups is 1. The summed E-state index contributed by atoms with van der Waals surface area (Å²) in [5.74, 6) is -2.77. The summed E-state index contributed by atoms with van der Waals surface area (Å²) >= 11 is 0. The van der Waals surface area contributed by atoms with Gasteiger partial charge in [0.15, 0.2) is 0 Å². The summed E-state index contributed by atoms with van der Waals surface area (Å²) in [6.45, 7) is 1.85. The molecule has 1 saturated heterocycles. The second-order valence-corrected chi connectivity index (χ2v) is 7.44. The molecule has 0 spiro atoms. The summed E-state index contributed by atoms with van der Waals surface area (Å²) in [6, 6.07) is 15.6. The highest BCUT2D eigenvalue weighted by atomic mass is 19.1. The van der Waals surface area contributed by atoms with E-state index in [0.29, 0.717) is 11.3 Å². The Kier molecular flexibility index (Phi) is 5.40. The number of halogens is 1. The third kappa shape index (κ3) is 3.58. The number of Topliss-reactive ketones (excluding diaryl/α,β-unsaturated/α-hetero) is 1. The number of amides is 1. The van der Waals surface area contributed by atoms with E-state index in [2.05, 4.69) is 0 Å². The molecule has 0 saturated carbocycles. The highest BCUT2D eigenvalue weighted by molar-refractivity contribution is 6.51. The van der Waals surface area contributed by atoms with Crippen LogP contribution in [0.4, 0.5) is 10.1 Å². The first-order valence-electron chi connectivity index (χ1n) is 9.82. The molecule has 0 bridgehead atoms. The van der Waals surface area contributed by atoms with Crippen LogP contribution in [0.1, 0.15) is 22.7 Å². The number of hydrogen-bond acceptors (Lipinski definition) is 5. The molecule has 3 aromatic carbocycles. The Morgan fingerprint density at radius 1 is 1.03 bits per heavy atom. The first-order valence-corrected chi connectivity index (χ1v) is 9.82. The van der Waals surface area contributed by atoms with E-state index in [0.717, 1.165) is 11.6 Å². The van der Waals surface area contributed by atoms with Crippen LogP contribution in [0, 0.1) is 12.7 Å². The third-order valence-electron chi connectivity index (χ3n) is 5.35. The van der Waals surface area contributed by atoms with E-state index in [1.807, 2.05) is 13.0 Å². The highest BCUT2D eigenvalue weighted by Gasteiger charge is 2.47. The van der Waals surface area contributed by atoms with Crippen LogP contribution in [0.15, 0.2) is 72.3 Å². The molecule has 162 valence electrons. The van der Waals surface area contributed by atoms with E-state index in [-0.39, 0.29) is 22.6 Å². The first kappa shape index (κ1) is 21.1. The van der Waals surface area contributed by atoms with Gasteiger partial charge < -0.3 is 14.9 Å². The summed E-state index contributed by atoms with van der Waals surface area (Å²) < 4.78 is 19.2. The number of aliphatic hydroxyl groups excluding tert-OH is 1. The number of methoxy groups -OCH3 is 1. The number of aliphatic hydroxyl groups is 1. The lowest BCUT2D eigenvalue weighted by molar-refractivity contribution is -0.132. The molecule has 4 rings (SSSR count). The normalized spacial score (nSPS) is 17.6. The minimum absolute atomic E-state index is 0.00746. The molecule has 2 N–H and O–H groups in total. The van der Waals surface area contributed by atoms with E-state index in [9.17, 15) is 24.2 Å². The van der Waals surface area contributed by atoms with E-state index in [1.54, 1.807) is 30.3 Å². The van der Waals surface area contributed by atoms with Crippen molar-refractivity contribution in [3.63, 3.8) is 0 Å². The number of benzene rings is 3. The molecule has 1 unspecified atom stereocenters. The number of anilines is 1. The molecule has 1 amide bonds. The molecule has 1 aliphatic heterocycles. The topological polar surface area (TPSA) is 87.1 Å². The van der Waals surface area contributed by atoms with Gasteiger partial charge in [0.05, 0.1) is 24.3 Å². The maximum Gasteiger partial charge on any atom is 0.300 e. The minimum atomic E-state index is -0.995. The zero-order valence-electron chi connectivity index (χ0n) is 17.4. The van der Waals surface area contributed by atoms with Crippen LogP contribution in [0.2, 0.25) is 0 Å². The predicted molar refractivity (Wildman–Crippen MR) is 117 cm³/mol. The Morgan fingerprint density at radius 2 is 1.75 bits per heavy atom. The van der Waals surface area contributed by atoms with Gasteiger partial charge in [-0.3, -0.25) is 14.5 Å². The molecule has 3 aromatic rings. The molecule has 1 atom stereocenters. The smallest absolute Gasteiger partial charge is 0.300 e. The maximum atomic E-state index is 14.0. The Bertz CT molecular complexity index is 1250. The molecule has 32 heavy (non-hydrogen) atoms. The number of rotatable bonds is 4. The van der Waals surface area contributed by atoms with Gasteiger partial charge in [-0.1, -0.05) is 24.3 Å². The van der Waals surface area contributed by atoms with Gasteiger partial charge in [0.1, 0.15) is 23.1 Å². The van der Waals surface area contributed by atoms with Crippen molar-refractivity contribution in [1.29, 1.82) is 0 Å². The standard InChI is InChI=1S/C25H20FNO5/c1-14-4-3-5-17(12-14)27-22(15-6-9-18(28)10-7-15)21(24(30)25(27)31)23(29)19-13-16(26)8-11-20(19)32-2/h3-13,22,28-29H,1-2H3/b23-21+. The van der Waals surface area contributed by atoms with Crippen LogP contribution in [-0.4, -0.2) is 29.0 Å². The van der Waals surface area contributed by atoms with Gasteiger partial charge in [-0.05, 0) is 60.5 Å². The van der Waals surface area contributed by atoms with Crippen molar-refractivity contribution in [2.75, 3.05) is 12.0 Å². The molecule has 0 aromatic heterocycles. The quantitative estimate of drug-likeness (QED) is 0.360. The fourth-order valence-corrected chi connectivity index (χ4v) is 3.86. The summed E-state index contributed by atoms with van der Waals surface area (Å²) in [6.07, 6.45) is 0. The van der Waals surface area contributed by atoms with Gasteiger partial charge in [-0.15, -0.1) is 0 Å². The Balaban J connectivity index is 1.99. The summed E-state index contributed by atoms with van der Waals surface area (Å²) in [7, 11) is 1.35. The average molecular weight is 433 g/mol. The average Bonchev–Trinajstić information content (AvgIpc) is 3.04. The highest BCUT2D eigenvalue weighted by Crippen LogP contribution is 2.43. The predicted octanol–water partition coefficient (Wildman–Crippen LogP) is 4.47. The van der Waals surface area contributed by atoms with E-state index in [1.165, 1.54) is 36.3 Å². The van der Waals surface area contributed by atoms with Crippen LogP contribution in [0.25, 0.3) is 5.76 Å². The van der Waals surface area contributed by atoms with Gasteiger partial charge in [-0.25, -0.2) is 4.39 Å². The van der Waals surface area contributed by atoms with Crippen molar-refractivity contribution < 1.29 is 28.9 Å². The molecular formula is C25H20FNO5. The molecule has 1 heterocycles. The van der Waals surface area contributed by atoms with Gasteiger partial charge in [0, 0.05) is 5.69 Å². The SMILES string of the molecule is COc1ccc(F)cc1/C(O)=C1\C(=O)C(=O)N(c2cccc(C)c2)C1c1ccc(O)cc1. The lowest BCUT2D eigenvalue weighted by Crippen LogP contribution is -2.29. The lowest BCUT2D eigenvalue weighted by Gasteiger charge is -2.26. The Morgan fingerprint density at radius 3 is 2.41 bits per heavy atom. The number of phenols is 1. The van der Waals surface area contributed by atoms with Gasteiger partial charge in [0.25, 0.3) is 11.7 Å². The van der Waals surface area contributed by atoms with E-state index < -0.39 is 29.3 Å². The van der Waals surface area contributed by atoms with Crippen molar-refractivity contribution in [3.8, 4) is 11.5 Å². The Hall–Kier alpha value is -4.13. The monoisotopic (exact) mass is 433 g/mol. The van der Waals surface area contributed by atoms with E-state index in [4.69, 9.17) is 4.74 Å². The van der Waals surface area contributed by atoms with Gasteiger partial charge >= 0.3 is 0 Å². The molecular weight excluding hydrogens is 413 g/mol. The number of carbonyl (C=O) groups is 2. The first-order chi connectivity index (χ1) is 15.3. The summed E-state index contributed by atoms with van der Waals surface area (Å²) in [4.78, 5) is 27.5. The van der Waals surface area contributed by atoms with Crippen LogP contribution in [0.3, 0.4) is 0 Å². The summed E-state index contributed by atoms with van der Waals surface area (Å²) in [5.41, 5.74) is 1.58. The number of carbonyl (C=O) groups excluding carboxylic acids is 2. The maximum absolute atomic E-state index is 14.0. The van der Waals surface area contributed by atoms with Gasteiger partial charge in [-0.2, -0.15) is 0 Å². The fourth-order valence-electron chi connectivity index (χ4n) is 3.86. The molecule has 0 aliphatic carbocycles. The number of phenolic OH excluding ortho intramolecular Hbond substituents is 1. The minimum Gasteiger partial charge on any atom is -0.508 e. The van der Waals surface area contributed by atoms with Crippen LogP contribution in [0.5, 0.6) is 11.5 Å². The second-order valence-electron chi connectivity index (χ2n) is 7.44. The third-order valence-corrected chi connectivity index (χ3v) is 5.35. The number of nitrogens with zero attached hydrogens (tertiary/aromatic N) is 1. The van der Waals surface area contributed by atoms with Crippen LogP contribution < -0.4 is 9.64 Å². The largest absolute Gasteiger partial charge is 0.508 e. The van der Waals surface area contributed by atoms with Crippen LogP contribution >= 0.6 is 0 Å². The fraction of sp³-hybridized carbons (Fsp3) is 0.120. The van der Waals surface area contributed by atoms with Crippen molar-refractivity contribution >= 4 is 23.1 Å². The van der Waals surface area contributed by atoms with Crippen molar-refractivity contribution in [2.45, 2.75) is 13.0 Å². The second kappa shape index (κ2) is 8.19. The molecule has 1 fully saturated rings. The van der Waals surface area contributed by atoms with E-state index >= 15 is 0 Å². The summed E-state index contributed by atoms with van der Waals surface area (Å²) in [5, 5.41) is 20.8. The number of hydrogen-bond donors (Lipinski definition) is 2.